The molecule has 0 bridgehead atoms. The normalized spacial score (nSPS) is 20.0. The first-order valence-electron chi connectivity index (χ1n) is 5.84. The van der Waals surface area contributed by atoms with Crippen molar-refractivity contribution < 1.29 is 8.42 Å². The molecule has 0 aromatic heterocycles. The molecule has 0 radical (unpaired) electrons. The van der Waals surface area contributed by atoms with Gasteiger partial charge in [-0.15, -0.1) is 0 Å². The smallest absolute Gasteiger partial charge is 0.212 e. The highest BCUT2D eigenvalue weighted by molar-refractivity contribution is 7.89. The van der Waals surface area contributed by atoms with E-state index in [9.17, 15) is 8.42 Å². The molecule has 0 fully saturated rings. The molecular weight excluding hydrogens is 222 g/mol. The molecule has 1 aliphatic rings. The summed E-state index contributed by atoms with van der Waals surface area (Å²) in [6.07, 6.45) is 3.02. The zero-order valence-electron chi connectivity index (χ0n) is 10.9. The van der Waals surface area contributed by atoms with Gasteiger partial charge in [-0.25, -0.2) is 8.42 Å². The summed E-state index contributed by atoms with van der Waals surface area (Å²) in [4.78, 5) is 0. The van der Waals surface area contributed by atoms with Crippen LogP contribution in [0.25, 0.3) is 0 Å². The van der Waals surface area contributed by atoms with E-state index in [1.807, 2.05) is 0 Å². The topological polar surface area (TPSA) is 37.4 Å². The lowest BCUT2D eigenvalue weighted by Crippen LogP contribution is -2.41. The molecule has 0 saturated carbocycles. The van der Waals surface area contributed by atoms with Gasteiger partial charge in [0.1, 0.15) is 0 Å². The van der Waals surface area contributed by atoms with Gasteiger partial charge in [-0.2, -0.15) is 4.31 Å². The Morgan fingerprint density at radius 2 is 1.88 bits per heavy atom. The lowest BCUT2D eigenvalue weighted by Gasteiger charge is -2.33. The molecule has 0 atom stereocenters. The van der Waals surface area contributed by atoms with Crippen LogP contribution in [-0.2, 0) is 10.0 Å². The van der Waals surface area contributed by atoms with E-state index in [1.165, 1.54) is 5.57 Å². The number of hydrogen-bond acceptors (Lipinski definition) is 2. The molecule has 94 valence electrons. The first-order chi connectivity index (χ1) is 7.15. The second kappa shape index (κ2) is 4.49. The van der Waals surface area contributed by atoms with Gasteiger partial charge in [0.15, 0.2) is 0 Å². The molecule has 0 aliphatic carbocycles. The minimum atomic E-state index is -3.10. The van der Waals surface area contributed by atoms with Crippen LogP contribution in [0.1, 0.15) is 41.0 Å². The summed E-state index contributed by atoms with van der Waals surface area (Å²) in [5.41, 5.74) is 1.29. The summed E-state index contributed by atoms with van der Waals surface area (Å²) in [6, 6.07) is 0. The lowest BCUT2D eigenvalue weighted by atomic mass is 9.85. The van der Waals surface area contributed by atoms with Gasteiger partial charge in [-0.3, -0.25) is 0 Å². The summed E-state index contributed by atoms with van der Waals surface area (Å²) in [7, 11) is -3.10. The highest BCUT2D eigenvalue weighted by Crippen LogP contribution is 2.30. The van der Waals surface area contributed by atoms with Crippen molar-refractivity contribution in [3.8, 4) is 0 Å². The van der Waals surface area contributed by atoms with Crippen molar-refractivity contribution in [2.45, 2.75) is 46.3 Å². The summed E-state index contributed by atoms with van der Waals surface area (Å²) in [6.45, 7) is 11.1. The van der Waals surface area contributed by atoms with Gasteiger partial charge in [0.25, 0.3) is 0 Å². The Labute approximate surface area is 99.6 Å². The second-order valence-corrected chi connectivity index (χ2v) is 8.18. The molecule has 0 saturated heterocycles. The van der Waals surface area contributed by atoms with E-state index in [1.54, 1.807) is 18.2 Å². The van der Waals surface area contributed by atoms with Crippen molar-refractivity contribution in [3.63, 3.8) is 0 Å². The SMILES string of the molecule is CC(C)S(=O)(=O)N1CCC=C(C(C)(C)C)C1. The molecule has 4 heteroatoms. The highest BCUT2D eigenvalue weighted by Gasteiger charge is 2.30. The van der Waals surface area contributed by atoms with Crippen LogP contribution in [-0.4, -0.2) is 31.1 Å². The van der Waals surface area contributed by atoms with Gasteiger partial charge in [0.2, 0.25) is 10.0 Å². The maximum atomic E-state index is 12.1. The first-order valence-corrected chi connectivity index (χ1v) is 7.34. The number of hydrogen-bond donors (Lipinski definition) is 0. The maximum Gasteiger partial charge on any atom is 0.216 e. The fourth-order valence-corrected chi connectivity index (χ4v) is 3.05. The van der Waals surface area contributed by atoms with Crippen molar-refractivity contribution in [2.24, 2.45) is 5.41 Å². The molecule has 16 heavy (non-hydrogen) atoms. The van der Waals surface area contributed by atoms with Crippen molar-refractivity contribution in [1.29, 1.82) is 0 Å². The molecule has 0 amide bonds. The van der Waals surface area contributed by atoms with Crippen LogP contribution < -0.4 is 0 Å². The average molecular weight is 245 g/mol. The third-order valence-corrected chi connectivity index (χ3v) is 5.26. The molecule has 3 nitrogen and oxygen atoms in total. The van der Waals surface area contributed by atoms with Gasteiger partial charge in [0, 0.05) is 13.1 Å². The fraction of sp³-hybridized carbons (Fsp3) is 0.833. The van der Waals surface area contributed by atoms with Crippen LogP contribution >= 0.6 is 0 Å². The Balaban J connectivity index is 2.89. The monoisotopic (exact) mass is 245 g/mol. The molecule has 0 aromatic rings. The summed E-state index contributed by atoms with van der Waals surface area (Å²) >= 11 is 0. The van der Waals surface area contributed by atoms with E-state index in [0.717, 1.165) is 6.42 Å². The fourth-order valence-electron chi connectivity index (χ4n) is 1.78. The zero-order valence-corrected chi connectivity index (χ0v) is 11.8. The highest BCUT2D eigenvalue weighted by atomic mass is 32.2. The molecule has 0 unspecified atom stereocenters. The van der Waals surface area contributed by atoms with E-state index in [-0.39, 0.29) is 10.7 Å². The van der Waals surface area contributed by atoms with Crippen molar-refractivity contribution in [2.75, 3.05) is 13.1 Å². The molecular formula is C12H23NO2S. The van der Waals surface area contributed by atoms with E-state index in [0.29, 0.717) is 13.1 Å². The second-order valence-electron chi connectivity index (χ2n) is 5.70. The Morgan fingerprint density at radius 1 is 1.31 bits per heavy atom. The van der Waals surface area contributed by atoms with Crippen LogP contribution in [0.3, 0.4) is 0 Å². The predicted octanol–water partition coefficient (Wildman–Crippen LogP) is 2.40. The average Bonchev–Trinajstić information content (AvgIpc) is 2.16. The summed E-state index contributed by atoms with van der Waals surface area (Å²) in [5.74, 6) is 0. The van der Waals surface area contributed by atoms with Crippen LogP contribution in [0.2, 0.25) is 0 Å². The molecule has 0 aromatic carbocycles. The minimum Gasteiger partial charge on any atom is -0.212 e. The van der Waals surface area contributed by atoms with Crippen molar-refractivity contribution in [1.82, 2.24) is 4.31 Å². The van der Waals surface area contributed by atoms with Crippen LogP contribution in [0.15, 0.2) is 11.6 Å². The van der Waals surface area contributed by atoms with Crippen molar-refractivity contribution in [3.05, 3.63) is 11.6 Å². The zero-order chi connectivity index (χ0) is 12.6. The third-order valence-electron chi connectivity index (χ3n) is 3.03. The predicted molar refractivity (Wildman–Crippen MR) is 67.8 cm³/mol. The maximum absolute atomic E-state index is 12.1. The van der Waals surface area contributed by atoms with Gasteiger partial charge in [-0.1, -0.05) is 32.4 Å². The van der Waals surface area contributed by atoms with E-state index in [2.05, 4.69) is 26.8 Å². The number of sulfonamides is 1. The first kappa shape index (κ1) is 13.7. The van der Waals surface area contributed by atoms with Gasteiger partial charge in [0.05, 0.1) is 5.25 Å². The van der Waals surface area contributed by atoms with Crippen LogP contribution in [0.5, 0.6) is 0 Å². The Morgan fingerprint density at radius 3 is 2.31 bits per heavy atom. The van der Waals surface area contributed by atoms with E-state index < -0.39 is 10.0 Å². The Kier molecular flexibility index (Phi) is 3.85. The van der Waals surface area contributed by atoms with Gasteiger partial charge >= 0.3 is 0 Å². The summed E-state index contributed by atoms with van der Waals surface area (Å²) in [5, 5.41) is -0.327. The Bertz CT molecular complexity index is 374. The lowest BCUT2D eigenvalue weighted by molar-refractivity contribution is 0.373. The largest absolute Gasteiger partial charge is 0.216 e. The van der Waals surface area contributed by atoms with E-state index >= 15 is 0 Å². The van der Waals surface area contributed by atoms with Crippen molar-refractivity contribution >= 4 is 10.0 Å². The number of rotatable bonds is 2. The standard InChI is InChI=1S/C12H23NO2S/c1-10(2)16(14,15)13-8-6-7-11(9-13)12(3,4)5/h7,10H,6,8-9H2,1-5H3. The van der Waals surface area contributed by atoms with Gasteiger partial charge < -0.3 is 0 Å². The van der Waals surface area contributed by atoms with Crippen LogP contribution in [0, 0.1) is 5.41 Å². The molecule has 0 N–H and O–H groups in total. The molecule has 0 spiro atoms. The summed E-state index contributed by atoms with van der Waals surface area (Å²) < 4.78 is 25.7. The molecule has 1 aliphatic heterocycles. The minimum absolute atomic E-state index is 0.0607. The van der Waals surface area contributed by atoms with Gasteiger partial charge in [-0.05, 0) is 25.7 Å². The van der Waals surface area contributed by atoms with E-state index in [4.69, 9.17) is 0 Å². The quantitative estimate of drug-likeness (QED) is 0.701. The van der Waals surface area contributed by atoms with Crippen LogP contribution in [0.4, 0.5) is 0 Å². The Hall–Kier alpha value is -0.350. The number of nitrogens with zero attached hydrogens (tertiary/aromatic N) is 1. The third kappa shape index (κ3) is 2.86. The molecule has 1 rings (SSSR count). The molecule has 1 heterocycles.